The molecule has 2 unspecified atom stereocenters. The van der Waals surface area contributed by atoms with E-state index in [0.717, 1.165) is 6.54 Å². The average molecular weight is 329 g/mol. The number of amides is 1. The molecule has 1 N–H and O–H groups in total. The van der Waals surface area contributed by atoms with Crippen LogP contribution < -0.4 is 5.32 Å². The third-order valence-corrected chi connectivity index (χ3v) is 3.85. The molecule has 0 saturated heterocycles. The molecule has 0 aromatic heterocycles. The summed E-state index contributed by atoms with van der Waals surface area (Å²) in [4.78, 5) is 13.6. The molecule has 0 bridgehead atoms. The first-order valence-electron chi connectivity index (χ1n) is 9.33. The summed E-state index contributed by atoms with van der Waals surface area (Å²) in [5.74, 6) is 0.412. The molecule has 0 aliphatic carbocycles. The van der Waals surface area contributed by atoms with Crippen LogP contribution in [0.1, 0.15) is 80.1 Å². The van der Waals surface area contributed by atoms with Crippen molar-refractivity contribution in [3.8, 4) is 0 Å². The Hall–Kier alpha value is -0.770. The number of carbonyl (C=O) groups is 1. The summed E-state index contributed by atoms with van der Waals surface area (Å²) in [7, 11) is 1.81. The molecule has 0 aromatic rings. The first-order chi connectivity index (χ1) is 10.7. The van der Waals surface area contributed by atoms with E-state index in [-0.39, 0.29) is 6.09 Å². The molecule has 23 heavy (non-hydrogen) atoms. The Labute approximate surface area is 144 Å². The third kappa shape index (κ3) is 13.4. The lowest BCUT2D eigenvalue weighted by atomic mass is 10.1. The third-order valence-electron chi connectivity index (χ3n) is 3.85. The highest BCUT2D eigenvalue weighted by molar-refractivity contribution is 5.67. The molecule has 0 rings (SSSR count). The van der Waals surface area contributed by atoms with Gasteiger partial charge < -0.3 is 15.0 Å². The van der Waals surface area contributed by atoms with Gasteiger partial charge in [0.05, 0.1) is 0 Å². The van der Waals surface area contributed by atoms with Crippen LogP contribution in [0, 0.1) is 5.92 Å². The zero-order valence-corrected chi connectivity index (χ0v) is 16.6. The van der Waals surface area contributed by atoms with Crippen molar-refractivity contribution < 1.29 is 9.53 Å². The minimum atomic E-state index is -0.431. The van der Waals surface area contributed by atoms with Gasteiger partial charge in [-0.05, 0) is 46.6 Å². The highest BCUT2D eigenvalue weighted by atomic mass is 16.6. The van der Waals surface area contributed by atoms with Crippen LogP contribution in [0.2, 0.25) is 0 Å². The zero-order valence-electron chi connectivity index (χ0n) is 16.6. The standard InChI is InChI=1S/C19H40N2O2/c1-8-9-10-11-12-13-17(3)20-14-16(2)15-21(7)18(22)23-19(4,5)6/h16-17,20H,8-15H2,1-7H3. The summed E-state index contributed by atoms with van der Waals surface area (Å²) in [5.41, 5.74) is -0.431. The second kappa shape index (κ2) is 11.7. The van der Waals surface area contributed by atoms with Crippen LogP contribution in [0.15, 0.2) is 0 Å². The Bertz CT molecular complexity index is 313. The minimum Gasteiger partial charge on any atom is -0.444 e. The number of rotatable bonds is 11. The summed E-state index contributed by atoms with van der Waals surface area (Å²) in [5, 5.41) is 3.59. The van der Waals surface area contributed by atoms with E-state index in [1.165, 1.54) is 38.5 Å². The molecule has 2 atom stereocenters. The number of hydrogen-bond acceptors (Lipinski definition) is 3. The molecule has 0 heterocycles. The molecular weight excluding hydrogens is 288 g/mol. The summed E-state index contributed by atoms with van der Waals surface area (Å²) in [6, 6.07) is 0.547. The van der Waals surface area contributed by atoms with Gasteiger partial charge in [0, 0.05) is 19.6 Å². The quantitative estimate of drug-likeness (QED) is 0.552. The average Bonchev–Trinajstić information content (AvgIpc) is 2.43. The van der Waals surface area contributed by atoms with Crippen molar-refractivity contribution in [2.24, 2.45) is 5.92 Å². The maximum Gasteiger partial charge on any atom is 0.410 e. The van der Waals surface area contributed by atoms with Crippen LogP contribution in [0.4, 0.5) is 4.79 Å². The zero-order chi connectivity index (χ0) is 17.9. The van der Waals surface area contributed by atoms with Gasteiger partial charge in [-0.1, -0.05) is 46.0 Å². The normalized spacial score (nSPS) is 14.4. The highest BCUT2D eigenvalue weighted by Gasteiger charge is 2.20. The fraction of sp³-hybridized carbons (Fsp3) is 0.947. The Kier molecular flexibility index (Phi) is 11.3. The molecule has 0 spiro atoms. The lowest BCUT2D eigenvalue weighted by Gasteiger charge is -2.27. The molecule has 0 aliphatic heterocycles. The fourth-order valence-electron chi connectivity index (χ4n) is 2.50. The van der Waals surface area contributed by atoms with Crippen molar-refractivity contribution in [2.75, 3.05) is 20.1 Å². The van der Waals surface area contributed by atoms with Crippen molar-refractivity contribution >= 4 is 6.09 Å². The van der Waals surface area contributed by atoms with Crippen molar-refractivity contribution in [3.63, 3.8) is 0 Å². The van der Waals surface area contributed by atoms with Crippen molar-refractivity contribution in [2.45, 2.75) is 91.7 Å². The van der Waals surface area contributed by atoms with E-state index in [9.17, 15) is 4.79 Å². The Morgan fingerprint density at radius 2 is 1.74 bits per heavy atom. The van der Waals surface area contributed by atoms with Crippen LogP contribution in [-0.2, 0) is 4.74 Å². The van der Waals surface area contributed by atoms with Crippen molar-refractivity contribution in [1.29, 1.82) is 0 Å². The van der Waals surface area contributed by atoms with E-state index in [0.29, 0.717) is 18.5 Å². The number of nitrogens with zero attached hydrogens (tertiary/aromatic N) is 1. The van der Waals surface area contributed by atoms with Gasteiger partial charge in [-0.25, -0.2) is 4.79 Å². The van der Waals surface area contributed by atoms with Gasteiger partial charge in [0.25, 0.3) is 0 Å². The number of hydrogen-bond donors (Lipinski definition) is 1. The molecule has 0 radical (unpaired) electrons. The van der Waals surface area contributed by atoms with Crippen LogP contribution in [0.25, 0.3) is 0 Å². The molecule has 1 amide bonds. The Morgan fingerprint density at radius 1 is 1.13 bits per heavy atom. The fourth-order valence-corrected chi connectivity index (χ4v) is 2.50. The van der Waals surface area contributed by atoms with Crippen LogP contribution in [-0.4, -0.2) is 42.8 Å². The molecule has 0 aromatic carbocycles. The second-order valence-electron chi connectivity index (χ2n) is 7.98. The number of unbranched alkanes of at least 4 members (excludes halogenated alkanes) is 4. The van der Waals surface area contributed by atoms with Crippen molar-refractivity contribution in [1.82, 2.24) is 10.2 Å². The Balaban J connectivity index is 3.84. The van der Waals surface area contributed by atoms with Crippen molar-refractivity contribution in [3.05, 3.63) is 0 Å². The second-order valence-corrected chi connectivity index (χ2v) is 7.98. The molecule has 4 nitrogen and oxygen atoms in total. The smallest absolute Gasteiger partial charge is 0.410 e. The SMILES string of the molecule is CCCCCCCC(C)NCC(C)CN(C)C(=O)OC(C)(C)C. The topological polar surface area (TPSA) is 41.6 Å². The number of ether oxygens (including phenoxy) is 1. The van der Waals surface area contributed by atoms with E-state index in [1.807, 2.05) is 27.8 Å². The Morgan fingerprint density at radius 3 is 2.30 bits per heavy atom. The predicted molar refractivity (Wildman–Crippen MR) is 98.9 cm³/mol. The molecule has 0 saturated carbocycles. The van der Waals surface area contributed by atoms with Gasteiger partial charge in [-0.15, -0.1) is 0 Å². The van der Waals surface area contributed by atoms with Crippen LogP contribution in [0.5, 0.6) is 0 Å². The maximum atomic E-state index is 11.9. The van der Waals surface area contributed by atoms with Gasteiger partial charge in [0.15, 0.2) is 0 Å². The van der Waals surface area contributed by atoms with E-state index >= 15 is 0 Å². The summed E-state index contributed by atoms with van der Waals surface area (Å²) < 4.78 is 5.38. The summed E-state index contributed by atoms with van der Waals surface area (Å²) in [6.07, 6.45) is 7.66. The summed E-state index contributed by atoms with van der Waals surface area (Å²) >= 11 is 0. The number of nitrogens with one attached hydrogen (secondary N) is 1. The van der Waals surface area contributed by atoms with Crippen LogP contribution in [0.3, 0.4) is 0 Å². The first kappa shape index (κ1) is 22.2. The van der Waals surface area contributed by atoms with E-state index < -0.39 is 5.60 Å². The van der Waals surface area contributed by atoms with E-state index in [2.05, 4.69) is 26.1 Å². The molecule has 0 fully saturated rings. The van der Waals surface area contributed by atoms with Gasteiger partial charge >= 0.3 is 6.09 Å². The lowest BCUT2D eigenvalue weighted by molar-refractivity contribution is 0.0276. The molecule has 4 heteroatoms. The monoisotopic (exact) mass is 328 g/mol. The molecule has 138 valence electrons. The predicted octanol–water partition coefficient (Wildman–Crippen LogP) is 4.83. The molecular formula is C19H40N2O2. The minimum absolute atomic E-state index is 0.242. The largest absolute Gasteiger partial charge is 0.444 e. The van der Waals surface area contributed by atoms with Gasteiger partial charge in [0.1, 0.15) is 5.60 Å². The molecule has 0 aliphatic rings. The lowest BCUT2D eigenvalue weighted by Crippen LogP contribution is -2.39. The summed E-state index contributed by atoms with van der Waals surface area (Å²) in [6.45, 7) is 14.0. The number of carbonyl (C=O) groups excluding carboxylic acids is 1. The van der Waals surface area contributed by atoms with Gasteiger partial charge in [-0.3, -0.25) is 0 Å². The van der Waals surface area contributed by atoms with E-state index in [1.54, 1.807) is 4.90 Å². The maximum absolute atomic E-state index is 11.9. The first-order valence-corrected chi connectivity index (χ1v) is 9.33. The van der Waals surface area contributed by atoms with Gasteiger partial charge in [0.2, 0.25) is 0 Å². The van der Waals surface area contributed by atoms with Crippen LogP contribution >= 0.6 is 0 Å². The highest BCUT2D eigenvalue weighted by Crippen LogP contribution is 2.11. The van der Waals surface area contributed by atoms with Gasteiger partial charge in [-0.2, -0.15) is 0 Å². The van der Waals surface area contributed by atoms with E-state index in [4.69, 9.17) is 4.74 Å².